The average Bonchev–Trinajstić information content (AvgIpc) is 3.00. The third kappa shape index (κ3) is 2.09. The summed E-state index contributed by atoms with van der Waals surface area (Å²) in [7, 11) is 1.96. The molecular weight excluding hydrogens is 236 g/mol. The summed E-state index contributed by atoms with van der Waals surface area (Å²) in [4.78, 5) is 2.51. The molecule has 0 radical (unpaired) electrons. The zero-order valence-electron chi connectivity index (χ0n) is 10.2. The lowest BCUT2D eigenvalue weighted by atomic mass is 9.87. The average molecular weight is 255 g/mol. The van der Waals surface area contributed by atoms with Crippen molar-refractivity contribution in [2.45, 2.75) is 19.4 Å². The molecule has 2 aliphatic heterocycles. The van der Waals surface area contributed by atoms with Gasteiger partial charge in [-0.25, -0.2) is 0 Å². The van der Waals surface area contributed by atoms with Crippen LogP contribution in [0.4, 0.5) is 0 Å². The van der Waals surface area contributed by atoms with E-state index in [-0.39, 0.29) is 0 Å². The van der Waals surface area contributed by atoms with Gasteiger partial charge in [-0.15, -0.1) is 0 Å². The summed E-state index contributed by atoms with van der Waals surface area (Å²) in [5, 5.41) is 8.47. The third-order valence-electron chi connectivity index (χ3n) is 4.23. The molecule has 0 saturated carbocycles. The van der Waals surface area contributed by atoms with Gasteiger partial charge in [0.05, 0.1) is 16.9 Å². The Morgan fingerprint density at radius 1 is 1.53 bits per heavy atom. The van der Waals surface area contributed by atoms with Crippen molar-refractivity contribution in [2.24, 2.45) is 12.5 Å². The summed E-state index contributed by atoms with van der Waals surface area (Å²) in [6.07, 6.45) is 4.37. The van der Waals surface area contributed by atoms with Crippen LogP contribution in [-0.4, -0.2) is 40.9 Å². The maximum absolute atomic E-state index is 6.15. The van der Waals surface area contributed by atoms with Gasteiger partial charge in [0.15, 0.2) is 0 Å². The quantitative estimate of drug-likeness (QED) is 0.863. The van der Waals surface area contributed by atoms with Crippen LogP contribution >= 0.6 is 11.6 Å². The molecule has 1 N–H and O–H groups in total. The molecule has 1 aromatic rings. The molecule has 2 saturated heterocycles. The van der Waals surface area contributed by atoms with Crippen LogP contribution in [0.25, 0.3) is 0 Å². The lowest BCUT2D eigenvalue weighted by Gasteiger charge is -2.22. The fraction of sp³-hybridized carbons (Fsp3) is 0.750. The molecule has 2 aliphatic rings. The Balaban J connectivity index is 1.68. The lowest BCUT2D eigenvalue weighted by Crippen LogP contribution is -2.29. The van der Waals surface area contributed by atoms with Crippen molar-refractivity contribution in [1.82, 2.24) is 20.0 Å². The SMILES string of the molecule is Cn1ncc(Cl)c1CN1CCC2(CCNC2)C1. The number of rotatable bonds is 2. The molecule has 94 valence electrons. The van der Waals surface area contributed by atoms with E-state index in [4.69, 9.17) is 11.6 Å². The van der Waals surface area contributed by atoms with E-state index in [1.54, 1.807) is 6.20 Å². The molecule has 3 rings (SSSR count). The van der Waals surface area contributed by atoms with Crippen LogP contribution in [-0.2, 0) is 13.6 Å². The Morgan fingerprint density at radius 3 is 3.06 bits per heavy atom. The van der Waals surface area contributed by atoms with E-state index in [2.05, 4.69) is 15.3 Å². The molecule has 4 nitrogen and oxygen atoms in total. The first kappa shape index (κ1) is 11.5. The van der Waals surface area contributed by atoms with Gasteiger partial charge in [0.25, 0.3) is 0 Å². The predicted molar refractivity (Wildman–Crippen MR) is 68.0 cm³/mol. The van der Waals surface area contributed by atoms with Crippen molar-refractivity contribution < 1.29 is 0 Å². The minimum atomic E-state index is 0.533. The fourth-order valence-corrected chi connectivity index (χ4v) is 3.36. The number of halogens is 1. The normalized spacial score (nSPS) is 29.5. The van der Waals surface area contributed by atoms with Crippen LogP contribution in [0.15, 0.2) is 6.20 Å². The van der Waals surface area contributed by atoms with Gasteiger partial charge in [-0.1, -0.05) is 11.6 Å². The van der Waals surface area contributed by atoms with Crippen LogP contribution in [0.5, 0.6) is 0 Å². The van der Waals surface area contributed by atoms with E-state index >= 15 is 0 Å². The highest BCUT2D eigenvalue weighted by atomic mass is 35.5. The molecule has 1 unspecified atom stereocenters. The molecule has 1 spiro atoms. The monoisotopic (exact) mass is 254 g/mol. The zero-order chi connectivity index (χ0) is 11.9. The van der Waals surface area contributed by atoms with Gasteiger partial charge in [-0.3, -0.25) is 9.58 Å². The smallest absolute Gasteiger partial charge is 0.0831 e. The summed E-state index contributed by atoms with van der Waals surface area (Å²) >= 11 is 6.15. The first-order valence-corrected chi connectivity index (χ1v) is 6.66. The van der Waals surface area contributed by atoms with Crippen molar-refractivity contribution in [2.75, 3.05) is 26.2 Å². The van der Waals surface area contributed by atoms with E-state index in [1.807, 2.05) is 11.7 Å². The lowest BCUT2D eigenvalue weighted by molar-refractivity contribution is 0.263. The Labute approximate surface area is 107 Å². The summed E-state index contributed by atoms with van der Waals surface area (Å²) in [5.74, 6) is 0. The maximum atomic E-state index is 6.15. The summed E-state index contributed by atoms with van der Waals surface area (Å²) in [6.45, 7) is 5.67. The second kappa shape index (κ2) is 4.26. The van der Waals surface area contributed by atoms with Crippen LogP contribution in [0.2, 0.25) is 5.02 Å². The van der Waals surface area contributed by atoms with Crippen molar-refractivity contribution in [3.8, 4) is 0 Å². The molecule has 2 fully saturated rings. The second-order valence-electron chi connectivity index (χ2n) is 5.45. The van der Waals surface area contributed by atoms with E-state index in [1.165, 1.54) is 39.0 Å². The number of hydrogen-bond donors (Lipinski definition) is 1. The highest BCUT2D eigenvalue weighted by molar-refractivity contribution is 6.31. The molecule has 5 heteroatoms. The Bertz CT molecular complexity index is 389. The molecule has 17 heavy (non-hydrogen) atoms. The highest BCUT2D eigenvalue weighted by Crippen LogP contribution is 2.36. The van der Waals surface area contributed by atoms with Crippen molar-refractivity contribution in [1.29, 1.82) is 0 Å². The van der Waals surface area contributed by atoms with Gasteiger partial charge in [0.2, 0.25) is 0 Å². The van der Waals surface area contributed by atoms with Crippen LogP contribution in [0, 0.1) is 5.41 Å². The number of aromatic nitrogens is 2. The minimum absolute atomic E-state index is 0.533. The number of hydrogen-bond acceptors (Lipinski definition) is 3. The molecule has 0 bridgehead atoms. The van der Waals surface area contributed by atoms with Crippen LogP contribution < -0.4 is 5.32 Å². The number of nitrogens with zero attached hydrogens (tertiary/aromatic N) is 3. The molecule has 1 aromatic heterocycles. The minimum Gasteiger partial charge on any atom is -0.316 e. The van der Waals surface area contributed by atoms with Gasteiger partial charge < -0.3 is 5.32 Å². The maximum Gasteiger partial charge on any atom is 0.0831 e. The fourth-order valence-electron chi connectivity index (χ4n) is 3.13. The van der Waals surface area contributed by atoms with Gasteiger partial charge >= 0.3 is 0 Å². The van der Waals surface area contributed by atoms with Crippen molar-refractivity contribution in [3.63, 3.8) is 0 Å². The van der Waals surface area contributed by atoms with Gasteiger partial charge in [0, 0.05) is 26.7 Å². The molecule has 3 heterocycles. The van der Waals surface area contributed by atoms with Gasteiger partial charge in [0.1, 0.15) is 0 Å². The molecule has 0 amide bonds. The van der Waals surface area contributed by atoms with E-state index in [9.17, 15) is 0 Å². The Hall–Kier alpha value is -0.580. The Kier molecular flexibility index (Phi) is 2.89. The molecule has 0 aromatic carbocycles. The van der Waals surface area contributed by atoms with Crippen molar-refractivity contribution >= 4 is 11.6 Å². The number of nitrogens with one attached hydrogen (secondary N) is 1. The summed E-state index contributed by atoms with van der Waals surface area (Å²) < 4.78 is 1.89. The van der Waals surface area contributed by atoms with Gasteiger partial charge in [-0.05, 0) is 31.3 Å². The van der Waals surface area contributed by atoms with Crippen LogP contribution in [0.1, 0.15) is 18.5 Å². The zero-order valence-corrected chi connectivity index (χ0v) is 11.0. The Morgan fingerprint density at radius 2 is 2.41 bits per heavy atom. The van der Waals surface area contributed by atoms with Crippen molar-refractivity contribution in [3.05, 3.63) is 16.9 Å². The summed E-state index contributed by atoms with van der Waals surface area (Å²) in [6, 6.07) is 0. The molecular formula is C12H19ClN4. The van der Waals surface area contributed by atoms with Gasteiger partial charge in [-0.2, -0.15) is 5.10 Å². The highest BCUT2D eigenvalue weighted by Gasteiger charge is 2.40. The molecule has 0 aliphatic carbocycles. The largest absolute Gasteiger partial charge is 0.316 e. The second-order valence-corrected chi connectivity index (χ2v) is 5.86. The predicted octanol–water partition coefficient (Wildman–Crippen LogP) is 1.26. The molecule has 1 atom stereocenters. The third-order valence-corrected chi connectivity index (χ3v) is 4.55. The standard InChI is InChI=1S/C12H19ClN4/c1-16-11(10(13)6-15-16)7-17-5-3-12(9-17)2-4-14-8-12/h6,14H,2-5,7-9H2,1H3. The van der Waals surface area contributed by atoms with E-state index < -0.39 is 0 Å². The summed E-state index contributed by atoms with van der Waals surface area (Å²) in [5.41, 5.74) is 1.67. The van der Waals surface area contributed by atoms with E-state index in [0.717, 1.165) is 17.3 Å². The first-order valence-electron chi connectivity index (χ1n) is 6.28. The topological polar surface area (TPSA) is 33.1 Å². The first-order chi connectivity index (χ1) is 8.19. The van der Waals surface area contributed by atoms with E-state index in [0.29, 0.717) is 5.41 Å². The number of likely N-dealkylation sites (tertiary alicyclic amines) is 1. The van der Waals surface area contributed by atoms with Crippen LogP contribution in [0.3, 0.4) is 0 Å². The number of aryl methyl sites for hydroxylation is 1.